The number of benzene rings is 2. The van der Waals surface area contributed by atoms with Crippen molar-refractivity contribution in [1.29, 1.82) is 0 Å². The van der Waals surface area contributed by atoms with Crippen LogP contribution in [-0.4, -0.2) is 15.5 Å². The summed E-state index contributed by atoms with van der Waals surface area (Å²) < 4.78 is 14.8. The molecule has 2 heterocycles. The van der Waals surface area contributed by atoms with E-state index in [1.165, 1.54) is 17.7 Å². The highest BCUT2D eigenvalue weighted by molar-refractivity contribution is 7.13. The van der Waals surface area contributed by atoms with Gasteiger partial charge in [-0.2, -0.15) is 0 Å². The summed E-state index contributed by atoms with van der Waals surface area (Å²) in [6, 6.07) is 17.8. The molecule has 0 aliphatic rings. The van der Waals surface area contributed by atoms with Gasteiger partial charge in [-0.1, -0.05) is 29.8 Å². The normalized spacial score (nSPS) is 10.8. The lowest BCUT2D eigenvalue weighted by molar-refractivity contribution is -0.116. The number of nitrogens with one attached hydrogen (secondary N) is 1. The summed E-state index contributed by atoms with van der Waals surface area (Å²) in [5.41, 5.74) is 4.65. The summed E-state index contributed by atoms with van der Waals surface area (Å²) in [6.45, 7) is 2.21. The third-order valence-corrected chi connectivity index (χ3v) is 5.21. The zero-order valence-corrected chi connectivity index (χ0v) is 16.0. The van der Waals surface area contributed by atoms with Gasteiger partial charge in [0.05, 0.1) is 11.4 Å². The molecule has 0 aliphatic heterocycles. The molecule has 0 aliphatic carbocycles. The molecule has 140 valence electrons. The van der Waals surface area contributed by atoms with Crippen molar-refractivity contribution < 1.29 is 9.18 Å². The second-order valence-corrected chi connectivity index (χ2v) is 7.34. The van der Waals surface area contributed by atoms with E-state index in [1.54, 1.807) is 23.5 Å². The van der Waals surface area contributed by atoms with Crippen LogP contribution < -0.4 is 5.32 Å². The first-order chi connectivity index (χ1) is 13.6. The van der Waals surface area contributed by atoms with Crippen molar-refractivity contribution in [3.8, 4) is 22.0 Å². The van der Waals surface area contributed by atoms with E-state index < -0.39 is 0 Å². The zero-order chi connectivity index (χ0) is 19.5. The van der Waals surface area contributed by atoms with Crippen LogP contribution in [0.3, 0.4) is 0 Å². The van der Waals surface area contributed by atoms with Gasteiger partial charge >= 0.3 is 0 Å². The van der Waals surface area contributed by atoms with Gasteiger partial charge in [-0.15, -0.1) is 11.3 Å². The summed E-state index contributed by atoms with van der Waals surface area (Å²) in [4.78, 5) is 17.1. The fourth-order valence-electron chi connectivity index (χ4n) is 2.88. The van der Waals surface area contributed by atoms with Crippen molar-refractivity contribution in [2.24, 2.45) is 0 Å². The summed E-state index contributed by atoms with van der Waals surface area (Å²) in [7, 11) is 0. The summed E-state index contributed by atoms with van der Waals surface area (Å²) in [5.74, 6) is -0.516. The molecule has 0 radical (unpaired) electrons. The Morgan fingerprint density at radius 2 is 1.86 bits per heavy atom. The van der Waals surface area contributed by atoms with Crippen molar-refractivity contribution in [3.63, 3.8) is 0 Å². The lowest BCUT2D eigenvalue weighted by Crippen LogP contribution is -2.18. The maximum absolute atomic E-state index is 13.0. The van der Waals surface area contributed by atoms with Gasteiger partial charge < -0.3 is 9.88 Å². The maximum Gasteiger partial charge on any atom is 0.244 e. The molecule has 0 unspecified atom stereocenters. The predicted molar refractivity (Wildman–Crippen MR) is 111 cm³/mol. The highest BCUT2D eigenvalue weighted by Crippen LogP contribution is 2.29. The average molecular weight is 391 g/mol. The van der Waals surface area contributed by atoms with Gasteiger partial charge in [-0.25, -0.2) is 9.37 Å². The number of anilines is 1. The second-order valence-electron chi connectivity index (χ2n) is 6.48. The van der Waals surface area contributed by atoms with E-state index in [-0.39, 0.29) is 18.3 Å². The highest BCUT2D eigenvalue weighted by atomic mass is 32.1. The maximum atomic E-state index is 13.0. The molecule has 0 saturated carbocycles. The van der Waals surface area contributed by atoms with E-state index in [4.69, 9.17) is 4.98 Å². The number of rotatable bonds is 5. The summed E-state index contributed by atoms with van der Waals surface area (Å²) >= 11 is 1.55. The molecule has 1 N–H and O–H groups in total. The number of carbonyl (C=O) groups excluding carboxylic acids is 1. The van der Waals surface area contributed by atoms with Crippen molar-refractivity contribution >= 4 is 22.9 Å². The van der Waals surface area contributed by atoms with Gasteiger partial charge in [0.2, 0.25) is 5.91 Å². The van der Waals surface area contributed by atoms with Crippen molar-refractivity contribution in [2.45, 2.75) is 13.5 Å². The monoisotopic (exact) mass is 391 g/mol. The highest BCUT2D eigenvalue weighted by Gasteiger charge is 2.13. The number of amides is 1. The van der Waals surface area contributed by atoms with Crippen LogP contribution in [0.1, 0.15) is 5.56 Å². The molecule has 0 bridgehead atoms. The van der Waals surface area contributed by atoms with E-state index in [0.717, 1.165) is 22.0 Å². The molecule has 4 aromatic rings. The van der Waals surface area contributed by atoms with Gasteiger partial charge in [0.1, 0.15) is 17.4 Å². The zero-order valence-electron chi connectivity index (χ0n) is 15.2. The fourth-order valence-corrected chi connectivity index (χ4v) is 3.75. The Morgan fingerprint density at radius 3 is 2.61 bits per heavy atom. The first-order valence-corrected chi connectivity index (χ1v) is 9.70. The molecule has 0 saturated heterocycles. The van der Waals surface area contributed by atoms with Crippen LogP contribution in [0.2, 0.25) is 0 Å². The Labute approximate surface area is 166 Å². The number of carbonyl (C=O) groups is 1. The van der Waals surface area contributed by atoms with Gasteiger partial charge in [-0.3, -0.25) is 4.79 Å². The second kappa shape index (κ2) is 7.78. The van der Waals surface area contributed by atoms with Crippen LogP contribution in [0, 0.1) is 12.7 Å². The SMILES string of the molecule is Cc1ccc(-c2csc(-c3cccn3CC(=O)Nc3ccc(F)cc3)n2)cc1. The quantitative estimate of drug-likeness (QED) is 0.497. The molecule has 0 spiro atoms. The summed E-state index contributed by atoms with van der Waals surface area (Å²) in [5, 5.41) is 5.66. The van der Waals surface area contributed by atoms with E-state index in [2.05, 4.69) is 36.5 Å². The molecule has 1 amide bonds. The molecule has 4 rings (SSSR count). The van der Waals surface area contributed by atoms with Gasteiger partial charge in [0, 0.05) is 22.8 Å². The number of aromatic nitrogens is 2. The third-order valence-electron chi connectivity index (χ3n) is 4.34. The van der Waals surface area contributed by atoms with Gasteiger partial charge in [-0.05, 0) is 43.3 Å². The Hall–Kier alpha value is -3.25. The van der Waals surface area contributed by atoms with Crippen LogP contribution in [0.4, 0.5) is 10.1 Å². The minimum absolute atomic E-state index is 0.152. The van der Waals surface area contributed by atoms with Crippen LogP contribution in [-0.2, 0) is 11.3 Å². The minimum atomic E-state index is -0.334. The lowest BCUT2D eigenvalue weighted by atomic mass is 10.1. The molecule has 0 fully saturated rings. The van der Waals surface area contributed by atoms with E-state index in [0.29, 0.717) is 5.69 Å². The number of aryl methyl sites for hydroxylation is 1. The number of halogens is 1. The molecule has 4 nitrogen and oxygen atoms in total. The molecule has 6 heteroatoms. The third kappa shape index (κ3) is 4.02. The summed E-state index contributed by atoms with van der Waals surface area (Å²) in [6.07, 6.45) is 1.85. The standard InChI is InChI=1S/C22H18FN3OS/c1-15-4-6-16(7-5-15)19-14-28-22(25-19)20-3-2-12-26(20)13-21(27)24-18-10-8-17(23)9-11-18/h2-12,14H,13H2,1H3,(H,24,27). The first-order valence-electron chi connectivity index (χ1n) is 8.82. The molecule has 0 atom stereocenters. The van der Waals surface area contributed by atoms with Gasteiger partial charge in [0.25, 0.3) is 0 Å². The first kappa shape index (κ1) is 18.1. The van der Waals surface area contributed by atoms with E-state index >= 15 is 0 Å². The Morgan fingerprint density at radius 1 is 1.11 bits per heavy atom. The fraction of sp³-hybridized carbons (Fsp3) is 0.0909. The van der Waals surface area contributed by atoms with Crippen LogP contribution in [0.5, 0.6) is 0 Å². The number of nitrogens with zero attached hydrogens (tertiary/aromatic N) is 2. The van der Waals surface area contributed by atoms with Crippen molar-refractivity contribution in [3.05, 3.63) is 83.6 Å². The van der Waals surface area contributed by atoms with Gasteiger partial charge in [0.15, 0.2) is 0 Å². The Balaban J connectivity index is 1.50. The number of hydrogen-bond donors (Lipinski definition) is 1. The van der Waals surface area contributed by atoms with Crippen LogP contribution in [0.25, 0.3) is 22.0 Å². The van der Waals surface area contributed by atoms with E-state index in [1.807, 2.05) is 28.3 Å². The van der Waals surface area contributed by atoms with E-state index in [9.17, 15) is 9.18 Å². The van der Waals surface area contributed by atoms with Crippen molar-refractivity contribution in [2.75, 3.05) is 5.32 Å². The Bertz CT molecular complexity index is 1100. The molecular formula is C22H18FN3OS. The largest absolute Gasteiger partial charge is 0.336 e. The van der Waals surface area contributed by atoms with Crippen LogP contribution >= 0.6 is 11.3 Å². The smallest absolute Gasteiger partial charge is 0.244 e. The minimum Gasteiger partial charge on any atom is -0.336 e. The molecule has 28 heavy (non-hydrogen) atoms. The Kier molecular flexibility index (Phi) is 5.04. The predicted octanol–water partition coefficient (Wildman–Crippen LogP) is 5.36. The average Bonchev–Trinajstić information content (AvgIpc) is 3.33. The van der Waals surface area contributed by atoms with Crippen LogP contribution in [0.15, 0.2) is 72.2 Å². The lowest BCUT2D eigenvalue weighted by Gasteiger charge is -2.08. The van der Waals surface area contributed by atoms with Crippen molar-refractivity contribution in [1.82, 2.24) is 9.55 Å². The molecule has 2 aromatic carbocycles. The molecular weight excluding hydrogens is 373 g/mol. The topological polar surface area (TPSA) is 46.9 Å². The number of thiazole rings is 1. The molecule has 2 aromatic heterocycles. The number of hydrogen-bond acceptors (Lipinski definition) is 3.